The van der Waals surface area contributed by atoms with Gasteiger partial charge in [0.05, 0.1) is 16.4 Å². The number of benzene rings is 1. The summed E-state index contributed by atoms with van der Waals surface area (Å²) in [6.07, 6.45) is 0. The molecular formula is C11H13N3O5S. The Morgan fingerprint density at radius 2 is 2.10 bits per heavy atom. The lowest BCUT2D eigenvalue weighted by Crippen LogP contribution is -2.49. The number of nitrogens with zero attached hydrogens (tertiary/aromatic N) is 2. The van der Waals surface area contributed by atoms with Crippen molar-refractivity contribution in [2.75, 3.05) is 19.6 Å². The van der Waals surface area contributed by atoms with Gasteiger partial charge in [-0.15, -0.1) is 0 Å². The van der Waals surface area contributed by atoms with Crippen LogP contribution >= 0.6 is 0 Å². The second kappa shape index (κ2) is 5.17. The number of piperazine rings is 1. The maximum atomic E-state index is 12.4. The van der Waals surface area contributed by atoms with E-state index in [0.29, 0.717) is 0 Å². The molecule has 1 aliphatic rings. The largest absolute Gasteiger partial charge is 0.354 e. The summed E-state index contributed by atoms with van der Waals surface area (Å²) in [5, 5.41) is 13.2. The molecule has 0 saturated carbocycles. The number of hydrogen-bond acceptors (Lipinski definition) is 5. The molecule has 0 radical (unpaired) electrons. The third-order valence-corrected chi connectivity index (χ3v) is 5.00. The van der Waals surface area contributed by atoms with E-state index in [9.17, 15) is 23.3 Å². The number of nitro benzene ring substituents is 1. The van der Waals surface area contributed by atoms with E-state index in [0.717, 1.165) is 10.4 Å². The fraction of sp³-hybridized carbons (Fsp3) is 0.364. The van der Waals surface area contributed by atoms with Crippen LogP contribution < -0.4 is 5.32 Å². The molecule has 1 fully saturated rings. The van der Waals surface area contributed by atoms with E-state index in [2.05, 4.69) is 5.32 Å². The normalized spacial score (nSPS) is 16.8. The molecule has 0 atom stereocenters. The number of carbonyl (C=O) groups is 1. The summed E-state index contributed by atoms with van der Waals surface area (Å²) < 4.78 is 25.9. The van der Waals surface area contributed by atoms with Gasteiger partial charge in [0.2, 0.25) is 15.9 Å². The monoisotopic (exact) mass is 299 g/mol. The first kappa shape index (κ1) is 14.4. The van der Waals surface area contributed by atoms with E-state index in [1.165, 1.54) is 19.1 Å². The Bertz CT molecular complexity index is 671. The molecule has 1 heterocycles. The molecule has 1 amide bonds. The van der Waals surface area contributed by atoms with E-state index in [1.807, 2.05) is 0 Å². The number of non-ortho nitro benzene ring substituents is 1. The topological polar surface area (TPSA) is 110 Å². The smallest absolute Gasteiger partial charge is 0.269 e. The molecule has 108 valence electrons. The fourth-order valence-corrected chi connectivity index (χ4v) is 3.60. The molecule has 1 aromatic rings. The van der Waals surface area contributed by atoms with Crippen molar-refractivity contribution >= 4 is 21.6 Å². The van der Waals surface area contributed by atoms with Crippen molar-refractivity contribution in [3.63, 3.8) is 0 Å². The van der Waals surface area contributed by atoms with E-state index < -0.39 is 14.9 Å². The maximum Gasteiger partial charge on any atom is 0.269 e. The summed E-state index contributed by atoms with van der Waals surface area (Å²) in [6, 6.07) is 3.55. The summed E-state index contributed by atoms with van der Waals surface area (Å²) in [6.45, 7) is 1.69. The minimum Gasteiger partial charge on any atom is -0.354 e. The fourth-order valence-electron chi connectivity index (χ4n) is 2.00. The van der Waals surface area contributed by atoms with Gasteiger partial charge in [0, 0.05) is 25.2 Å². The molecule has 0 unspecified atom stereocenters. The summed E-state index contributed by atoms with van der Waals surface area (Å²) in [4.78, 5) is 21.3. The zero-order chi connectivity index (χ0) is 14.9. The van der Waals surface area contributed by atoms with Crippen LogP contribution in [0.2, 0.25) is 0 Å². The highest BCUT2D eigenvalue weighted by atomic mass is 32.2. The van der Waals surface area contributed by atoms with Crippen LogP contribution in [0.15, 0.2) is 23.1 Å². The van der Waals surface area contributed by atoms with Crippen LogP contribution in [-0.4, -0.2) is 43.2 Å². The van der Waals surface area contributed by atoms with Crippen molar-refractivity contribution < 1.29 is 18.1 Å². The Balaban J connectivity index is 2.39. The minimum atomic E-state index is -3.82. The van der Waals surface area contributed by atoms with Crippen molar-refractivity contribution in [2.24, 2.45) is 0 Å². The first-order chi connectivity index (χ1) is 9.32. The maximum absolute atomic E-state index is 12.4. The van der Waals surface area contributed by atoms with Gasteiger partial charge in [-0.1, -0.05) is 0 Å². The Labute approximate surface area is 115 Å². The Morgan fingerprint density at radius 1 is 1.40 bits per heavy atom. The van der Waals surface area contributed by atoms with Gasteiger partial charge in [-0.05, 0) is 18.6 Å². The van der Waals surface area contributed by atoms with Crippen molar-refractivity contribution in [3.8, 4) is 0 Å². The molecule has 8 nitrogen and oxygen atoms in total. The number of rotatable bonds is 3. The molecule has 0 spiro atoms. The summed E-state index contributed by atoms with van der Waals surface area (Å²) in [7, 11) is -3.82. The van der Waals surface area contributed by atoms with Gasteiger partial charge < -0.3 is 5.32 Å². The number of hydrogen-bond donors (Lipinski definition) is 1. The lowest BCUT2D eigenvalue weighted by molar-refractivity contribution is -0.385. The second-order valence-corrected chi connectivity index (χ2v) is 6.30. The number of nitro groups is 1. The highest BCUT2D eigenvalue weighted by Gasteiger charge is 2.30. The third-order valence-electron chi connectivity index (χ3n) is 2.99. The molecule has 0 aromatic heterocycles. The van der Waals surface area contributed by atoms with Crippen LogP contribution in [0.4, 0.5) is 5.69 Å². The van der Waals surface area contributed by atoms with E-state index in [4.69, 9.17) is 0 Å². The number of amides is 1. The molecule has 0 bridgehead atoms. The predicted molar refractivity (Wildman–Crippen MR) is 69.6 cm³/mol. The number of aryl methyl sites for hydroxylation is 1. The summed E-state index contributed by atoms with van der Waals surface area (Å²) in [5.74, 6) is -0.362. The van der Waals surface area contributed by atoms with Crippen molar-refractivity contribution in [1.29, 1.82) is 0 Å². The van der Waals surface area contributed by atoms with Gasteiger partial charge in [-0.2, -0.15) is 4.31 Å². The molecular weight excluding hydrogens is 286 g/mol. The molecule has 2 rings (SSSR count). The zero-order valence-corrected chi connectivity index (χ0v) is 11.5. The molecule has 9 heteroatoms. The van der Waals surface area contributed by atoms with Crippen molar-refractivity contribution in [2.45, 2.75) is 11.8 Å². The lowest BCUT2D eigenvalue weighted by Gasteiger charge is -2.26. The second-order valence-electron chi connectivity index (χ2n) is 4.40. The number of sulfonamides is 1. The highest BCUT2D eigenvalue weighted by Crippen LogP contribution is 2.24. The third kappa shape index (κ3) is 2.63. The van der Waals surface area contributed by atoms with Gasteiger partial charge >= 0.3 is 0 Å². The molecule has 1 aliphatic heterocycles. The summed E-state index contributed by atoms with van der Waals surface area (Å²) in [5.41, 5.74) is 0.114. The Kier molecular flexibility index (Phi) is 3.73. The van der Waals surface area contributed by atoms with Gasteiger partial charge in [0.1, 0.15) is 0 Å². The van der Waals surface area contributed by atoms with E-state index >= 15 is 0 Å². The van der Waals surface area contributed by atoms with Crippen LogP contribution in [0.1, 0.15) is 5.56 Å². The average molecular weight is 299 g/mol. The molecule has 1 N–H and O–H groups in total. The molecule has 1 aromatic carbocycles. The SMILES string of the molecule is Cc1cc([N+](=O)[O-])ccc1S(=O)(=O)N1CCNC(=O)C1. The molecule has 0 aliphatic carbocycles. The van der Waals surface area contributed by atoms with Crippen LogP contribution in [0.3, 0.4) is 0 Å². The predicted octanol–water partition coefficient (Wildman–Crippen LogP) is 0.0237. The van der Waals surface area contributed by atoms with Crippen LogP contribution in [0.25, 0.3) is 0 Å². The van der Waals surface area contributed by atoms with Gasteiger partial charge in [0.15, 0.2) is 0 Å². The van der Waals surface area contributed by atoms with Crippen LogP contribution in [0.5, 0.6) is 0 Å². The lowest BCUT2D eigenvalue weighted by atomic mass is 10.2. The molecule has 1 saturated heterocycles. The van der Waals surface area contributed by atoms with Crippen molar-refractivity contribution in [1.82, 2.24) is 9.62 Å². The minimum absolute atomic E-state index is 0.0159. The summed E-state index contributed by atoms with van der Waals surface area (Å²) >= 11 is 0. The Morgan fingerprint density at radius 3 is 2.65 bits per heavy atom. The Hall–Kier alpha value is -2.00. The molecule has 20 heavy (non-hydrogen) atoms. The standard InChI is InChI=1S/C11H13N3O5S/c1-8-6-9(14(16)17)2-3-10(8)20(18,19)13-5-4-12-11(15)7-13/h2-3,6H,4-5,7H2,1H3,(H,12,15). The van der Waals surface area contributed by atoms with Gasteiger partial charge in [-0.3, -0.25) is 14.9 Å². The van der Waals surface area contributed by atoms with Crippen LogP contribution in [-0.2, 0) is 14.8 Å². The quantitative estimate of drug-likeness (QED) is 0.625. The zero-order valence-electron chi connectivity index (χ0n) is 10.7. The number of carbonyl (C=O) groups excluding carboxylic acids is 1. The first-order valence-corrected chi connectivity index (χ1v) is 7.28. The first-order valence-electron chi connectivity index (χ1n) is 5.84. The van der Waals surface area contributed by atoms with Crippen LogP contribution in [0, 0.1) is 17.0 Å². The highest BCUT2D eigenvalue weighted by molar-refractivity contribution is 7.89. The van der Waals surface area contributed by atoms with Gasteiger partial charge in [0.25, 0.3) is 5.69 Å². The van der Waals surface area contributed by atoms with E-state index in [1.54, 1.807) is 0 Å². The van der Waals surface area contributed by atoms with Crippen molar-refractivity contribution in [3.05, 3.63) is 33.9 Å². The number of nitrogens with one attached hydrogen (secondary N) is 1. The van der Waals surface area contributed by atoms with E-state index in [-0.39, 0.29) is 41.7 Å². The average Bonchev–Trinajstić information content (AvgIpc) is 2.38. The van der Waals surface area contributed by atoms with Gasteiger partial charge in [-0.25, -0.2) is 8.42 Å².